The van der Waals surface area contributed by atoms with Crippen LogP contribution >= 0.6 is 0 Å². The minimum atomic E-state index is -2.45. The van der Waals surface area contributed by atoms with Gasteiger partial charge in [0.1, 0.15) is 23.0 Å². The fourth-order valence-corrected chi connectivity index (χ4v) is 6.51. The van der Waals surface area contributed by atoms with E-state index in [0.717, 1.165) is 45.3 Å². The van der Waals surface area contributed by atoms with Crippen molar-refractivity contribution in [1.82, 2.24) is 0 Å². The largest absolute Gasteiger partial charge is 0.512 e. The minimum Gasteiger partial charge on any atom is -0.512 e. The number of benzene rings is 3. The lowest BCUT2D eigenvalue weighted by atomic mass is 10.1. The van der Waals surface area contributed by atoms with E-state index in [0.29, 0.717) is 0 Å². The van der Waals surface area contributed by atoms with Crippen LogP contribution in [0.3, 0.4) is 0 Å². The van der Waals surface area contributed by atoms with Crippen LogP contribution in [0.2, 0.25) is 26.2 Å². The summed E-state index contributed by atoms with van der Waals surface area (Å²) in [6, 6.07) is 19.6. The van der Waals surface area contributed by atoms with Gasteiger partial charge in [0.05, 0.1) is 0 Å². The average molecular weight is 491 g/mol. The van der Waals surface area contributed by atoms with Crippen molar-refractivity contribution in [3.8, 4) is 23.0 Å². The maximum Gasteiger partial charge on any atom is 0.454 e. The molecule has 0 fully saturated rings. The molecule has 0 saturated heterocycles. The highest BCUT2D eigenvalue weighted by molar-refractivity contribution is 6.66. The van der Waals surface area contributed by atoms with E-state index >= 15 is 0 Å². The van der Waals surface area contributed by atoms with Crippen molar-refractivity contribution in [3.05, 3.63) is 96.1 Å². The molecular formula is C28H34O4Si2. The second-order valence-electron chi connectivity index (χ2n) is 9.12. The topological polar surface area (TPSA) is 36.9 Å². The average Bonchev–Trinajstić information content (AvgIpc) is 2.74. The van der Waals surface area contributed by atoms with Crippen molar-refractivity contribution in [2.45, 2.75) is 40.0 Å². The molecule has 3 aromatic carbocycles. The predicted octanol–water partition coefficient (Wildman–Crippen LogP) is 7.91. The first-order valence-electron chi connectivity index (χ1n) is 11.3. The SMILES string of the molecule is C=Cc1ccc(O[Si](C)(C)Oc2ccc(O[Si](C)(C)Oc3ccc(C=C)c(C)c3)cc2)cc1C. The van der Waals surface area contributed by atoms with Gasteiger partial charge in [-0.15, -0.1) is 0 Å². The molecule has 0 aliphatic rings. The summed E-state index contributed by atoms with van der Waals surface area (Å²) < 4.78 is 24.9. The third-order valence-electron chi connectivity index (χ3n) is 5.20. The second kappa shape index (κ2) is 10.4. The lowest BCUT2D eigenvalue weighted by molar-refractivity contribution is 0.392. The van der Waals surface area contributed by atoms with Gasteiger partial charge in [-0.3, -0.25) is 0 Å². The first-order chi connectivity index (χ1) is 16.0. The highest BCUT2D eigenvalue weighted by Crippen LogP contribution is 2.27. The minimum absolute atomic E-state index is 0.750. The third kappa shape index (κ3) is 6.89. The molecule has 3 aromatic rings. The van der Waals surface area contributed by atoms with Gasteiger partial charge in [-0.25, -0.2) is 0 Å². The van der Waals surface area contributed by atoms with Crippen molar-refractivity contribution in [2.75, 3.05) is 0 Å². The van der Waals surface area contributed by atoms with E-state index in [1.165, 1.54) is 0 Å². The molecule has 0 saturated carbocycles. The molecule has 0 amide bonds. The van der Waals surface area contributed by atoms with Crippen molar-refractivity contribution >= 4 is 29.3 Å². The van der Waals surface area contributed by atoms with Crippen molar-refractivity contribution in [3.63, 3.8) is 0 Å². The molecule has 0 aromatic heterocycles. The Morgan fingerprint density at radius 2 is 0.824 bits per heavy atom. The number of hydrogen-bond acceptors (Lipinski definition) is 4. The van der Waals surface area contributed by atoms with Gasteiger partial charge in [-0.05, 0) is 84.6 Å². The molecule has 0 aliphatic carbocycles. The summed E-state index contributed by atoms with van der Waals surface area (Å²) in [5.74, 6) is 3.11. The summed E-state index contributed by atoms with van der Waals surface area (Å²) in [4.78, 5) is 0. The van der Waals surface area contributed by atoms with E-state index in [1.807, 2.05) is 113 Å². The molecule has 0 heterocycles. The summed E-state index contributed by atoms with van der Waals surface area (Å²) in [5.41, 5.74) is 4.45. The Labute approximate surface area is 206 Å². The number of rotatable bonds is 10. The van der Waals surface area contributed by atoms with Crippen LogP contribution in [0.4, 0.5) is 0 Å². The molecule has 0 unspecified atom stereocenters. The second-order valence-corrected chi connectivity index (χ2v) is 15.5. The van der Waals surface area contributed by atoms with Gasteiger partial charge in [0.25, 0.3) is 0 Å². The van der Waals surface area contributed by atoms with Crippen LogP contribution in [-0.4, -0.2) is 17.1 Å². The van der Waals surface area contributed by atoms with Gasteiger partial charge >= 0.3 is 17.1 Å². The molecule has 0 bridgehead atoms. The Hall–Kier alpha value is -3.23. The first kappa shape index (κ1) is 25.4. The molecule has 0 spiro atoms. The van der Waals surface area contributed by atoms with E-state index in [2.05, 4.69) is 13.2 Å². The van der Waals surface area contributed by atoms with Gasteiger partial charge in [0, 0.05) is 26.2 Å². The van der Waals surface area contributed by atoms with Crippen molar-refractivity contribution in [1.29, 1.82) is 0 Å². The zero-order valence-corrected chi connectivity index (χ0v) is 23.0. The van der Waals surface area contributed by atoms with Gasteiger partial charge in [0.2, 0.25) is 0 Å². The molecule has 0 radical (unpaired) electrons. The predicted molar refractivity (Wildman–Crippen MR) is 146 cm³/mol. The van der Waals surface area contributed by atoms with Crippen LogP contribution in [0.15, 0.2) is 73.8 Å². The highest BCUT2D eigenvalue weighted by Gasteiger charge is 2.31. The van der Waals surface area contributed by atoms with Crippen LogP contribution in [-0.2, 0) is 0 Å². The molecule has 0 atom stereocenters. The van der Waals surface area contributed by atoms with Crippen molar-refractivity contribution in [2.24, 2.45) is 0 Å². The number of hydrogen-bond donors (Lipinski definition) is 0. The van der Waals surface area contributed by atoms with E-state index in [9.17, 15) is 0 Å². The fraction of sp³-hybridized carbons (Fsp3) is 0.214. The lowest BCUT2D eigenvalue weighted by Crippen LogP contribution is -2.42. The zero-order chi connectivity index (χ0) is 24.9. The quantitative estimate of drug-likeness (QED) is 0.271. The Morgan fingerprint density at radius 1 is 0.529 bits per heavy atom. The summed E-state index contributed by atoms with van der Waals surface area (Å²) in [7, 11) is -4.91. The van der Waals surface area contributed by atoms with E-state index in [-0.39, 0.29) is 0 Å². The Bertz CT molecular complexity index is 1080. The zero-order valence-electron chi connectivity index (χ0n) is 21.0. The lowest BCUT2D eigenvalue weighted by Gasteiger charge is -2.26. The van der Waals surface area contributed by atoms with E-state index in [4.69, 9.17) is 17.7 Å². The van der Waals surface area contributed by atoms with Gasteiger partial charge in [0.15, 0.2) is 0 Å². The molecule has 3 rings (SSSR count). The summed E-state index contributed by atoms with van der Waals surface area (Å²) in [6.45, 7) is 19.9. The summed E-state index contributed by atoms with van der Waals surface area (Å²) in [6.07, 6.45) is 3.69. The third-order valence-corrected chi connectivity index (χ3v) is 8.11. The van der Waals surface area contributed by atoms with Gasteiger partial charge in [-0.2, -0.15) is 0 Å². The maximum absolute atomic E-state index is 6.23. The van der Waals surface area contributed by atoms with Crippen LogP contribution in [0.25, 0.3) is 12.2 Å². The van der Waals surface area contributed by atoms with Gasteiger partial charge in [-0.1, -0.05) is 37.4 Å². The monoisotopic (exact) mass is 490 g/mol. The smallest absolute Gasteiger partial charge is 0.454 e. The Morgan fingerprint density at radius 3 is 1.12 bits per heavy atom. The molecule has 34 heavy (non-hydrogen) atoms. The van der Waals surface area contributed by atoms with Crippen LogP contribution < -0.4 is 17.7 Å². The molecule has 0 aliphatic heterocycles. The molecule has 178 valence electrons. The standard InChI is InChI=1S/C28H34O4Si2/c1-9-23-11-13-27(19-21(23)3)31-33(5,6)29-25-15-17-26(18-16-25)30-34(7,8)32-28-14-12-24(10-2)22(4)20-28/h9-20H,1-2H2,3-8H3. The normalized spacial score (nSPS) is 11.5. The van der Waals surface area contributed by atoms with Crippen molar-refractivity contribution < 1.29 is 17.7 Å². The molecule has 0 N–H and O–H groups in total. The van der Waals surface area contributed by atoms with Crippen LogP contribution in [0, 0.1) is 13.8 Å². The Balaban J connectivity index is 1.62. The fourth-order valence-electron chi connectivity index (χ4n) is 3.63. The highest BCUT2D eigenvalue weighted by atomic mass is 28.4. The Kier molecular flexibility index (Phi) is 7.74. The summed E-state index contributed by atoms with van der Waals surface area (Å²) in [5, 5.41) is 0. The van der Waals surface area contributed by atoms with E-state index < -0.39 is 17.1 Å². The summed E-state index contributed by atoms with van der Waals surface area (Å²) >= 11 is 0. The first-order valence-corrected chi connectivity index (χ1v) is 17.0. The van der Waals surface area contributed by atoms with Crippen LogP contribution in [0.1, 0.15) is 22.3 Å². The number of aryl methyl sites for hydroxylation is 2. The van der Waals surface area contributed by atoms with E-state index in [1.54, 1.807) is 0 Å². The maximum atomic E-state index is 6.23. The molecule has 6 heteroatoms. The van der Waals surface area contributed by atoms with Crippen LogP contribution in [0.5, 0.6) is 23.0 Å². The van der Waals surface area contributed by atoms with Gasteiger partial charge < -0.3 is 17.7 Å². The molecule has 4 nitrogen and oxygen atoms in total. The molecular weight excluding hydrogens is 456 g/mol.